The van der Waals surface area contributed by atoms with Crippen molar-refractivity contribution in [3.63, 3.8) is 0 Å². The van der Waals surface area contributed by atoms with Gasteiger partial charge < -0.3 is 35.1 Å². The number of methoxy groups -OCH3 is 1. The van der Waals surface area contributed by atoms with Crippen LogP contribution in [0.4, 0.5) is 0 Å². The van der Waals surface area contributed by atoms with Gasteiger partial charge in [0.05, 0.1) is 32.2 Å². The number of hydrogen-bond acceptors (Lipinski definition) is 7. The number of ether oxygens (including phenoxy) is 3. The van der Waals surface area contributed by atoms with Crippen molar-refractivity contribution in [3.05, 3.63) is 89.5 Å². The van der Waals surface area contributed by atoms with Crippen LogP contribution in [0.3, 0.4) is 0 Å². The van der Waals surface area contributed by atoms with Crippen LogP contribution >= 0.6 is 0 Å². The van der Waals surface area contributed by atoms with Crippen molar-refractivity contribution in [3.8, 4) is 17.2 Å². The largest absolute Gasteiger partial charge is 0.493 e. The first-order valence-electron chi connectivity index (χ1n) is 15.5. The summed E-state index contributed by atoms with van der Waals surface area (Å²) in [5.41, 5.74) is 2.10. The van der Waals surface area contributed by atoms with E-state index >= 15 is 0 Å². The van der Waals surface area contributed by atoms with Crippen LogP contribution in [0.1, 0.15) is 41.3 Å². The van der Waals surface area contributed by atoms with E-state index in [0.29, 0.717) is 43.2 Å². The molecular formula is C35H42N4O7. The molecule has 4 amide bonds. The molecule has 0 radical (unpaired) electrons. The van der Waals surface area contributed by atoms with E-state index in [9.17, 15) is 19.2 Å². The predicted molar refractivity (Wildman–Crippen MR) is 173 cm³/mol. The number of aryl methyl sites for hydroxylation is 1. The van der Waals surface area contributed by atoms with Gasteiger partial charge in [0.1, 0.15) is 24.4 Å². The van der Waals surface area contributed by atoms with Gasteiger partial charge in [-0.25, -0.2) is 0 Å². The molecule has 0 aromatic heterocycles. The summed E-state index contributed by atoms with van der Waals surface area (Å²) in [6.07, 6.45) is 1.16. The Morgan fingerprint density at radius 2 is 1.74 bits per heavy atom. The highest BCUT2D eigenvalue weighted by Gasteiger charge is 2.30. The van der Waals surface area contributed by atoms with Crippen LogP contribution in [0.15, 0.2) is 72.8 Å². The van der Waals surface area contributed by atoms with E-state index < -0.39 is 29.8 Å². The minimum Gasteiger partial charge on any atom is -0.493 e. The lowest BCUT2D eigenvalue weighted by Crippen LogP contribution is -2.53. The molecule has 3 N–H and O–H groups in total. The molecule has 0 saturated carbocycles. The van der Waals surface area contributed by atoms with Gasteiger partial charge in [0, 0.05) is 20.0 Å². The number of para-hydroxylation sites is 1. The SMILES string of the molecule is CCOc1ccc(CCCNC(=O)[C@@H]2CC(=O)N[C@@H](Cc3ccccc3)C(=O)N(C)CCOc3ccccc3C(=O)N2)cc1OC. The number of likely N-dealkylation sites (N-methyl/N-ethyl adjacent to an activating group) is 1. The maximum atomic E-state index is 13.5. The van der Waals surface area contributed by atoms with Crippen molar-refractivity contribution in [2.45, 2.75) is 44.7 Å². The Labute approximate surface area is 269 Å². The molecule has 0 spiro atoms. The van der Waals surface area contributed by atoms with Gasteiger partial charge in [-0.15, -0.1) is 0 Å². The number of fused-ring (bicyclic) bond motifs is 1. The number of nitrogens with one attached hydrogen (secondary N) is 3. The van der Waals surface area contributed by atoms with E-state index in [1.54, 1.807) is 38.4 Å². The Kier molecular flexibility index (Phi) is 12.4. The minimum atomic E-state index is -1.20. The maximum absolute atomic E-state index is 13.5. The van der Waals surface area contributed by atoms with Crippen molar-refractivity contribution in [2.24, 2.45) is 0 Å². The molecule has 4 rings (SSSR count). The fraction of sp³-hybridized carbons (Fsp3) is 0.371. The Bertz CT molecular complexity index is 1500. The molecule has 244 valence electrons. The molecule has 0 bridgehead atoms. The molecule has 1 aliphatic heterocycles. The van der Waals surface area contributed by atoms with Gasteiger partial charge in [-0.3, -0.25) is 19.2 Å². The molecule has 0 unspecified atom stereocenters. The fourth-order valence-electron chi connectivity index (χ4n) is 5.15. The topological polar surface area (TPSA) is 135 Å². The summed E-state index contributed by atoms with van der Waals surface area (Å²) in [6, 6.07) is 19.7. The molecule has 46 heavy (non-hydrogen) atoms. The zero-order valence-electron chi connectivity index (χ0n) is 26.5. The molecule has 3 aromatic rings. The summed E-state index contributed by atoms with van der Waals surface area (Å²) in [6.45, 7) is 3.10. The van der Waals surface area contributed by atoms with E-state index in [1.807, 2.05) is 55.5 Å². The molecule has 2 atom stereocenters. The molecule has 1 heterocycles. The van der Waals surface area contributed by atoms with E-state index in [4.69, 9.17) is 14.2 Å². The van der Waals surface area contributed by atoms with Crippen molar-refractivity contribution < 1.29 is 33.4 Å². The average molecular weight is 631 g/mol. The highest BCUT2D eigenvalue weighted by atomic mass is 16.5. The van der Waals surface area contributed by atoms with E-state index in [1.165, 1.54) is 4.90 Å². The lowest BCUT2D eigenvalue weighted by molar-refractivity contribution is -0.136. The van der Waals surface area contributed by atoms with Crippen molar-refractivity contribution in [1.82, 2.24) is 20.9 Å². The summed E-state index contributed by atoms with van der Waals surface area (Å²) < 4.78 is 16.9. The smallest absolute Gasteiger partial charge is 0.255 e. The van der Waals surface area contributed by atoms with Crippen molar-refractivity contribution in [2.75, 3.05) is 40.5 Å². The number of hydrogen-bond donors (Lipinski definition) is 3. The summed E-state index contributed by atoms with van der Waals surface area (Å²) >= 11 is 0. The van der Waals surface area contributed by atoms with Gasteiger partial charge in [0.2, 0.25) is 17.7 Å². The van der Waals surface area contributed by atoms with Crippen molar-refractivity contribution in [1.29, 1.82) is 0 Å². The molecule has 0 fully saturated rings. The van der Waals surface area contributed by atoms with E-state index in [0.717, 1.165) is 11.1 Å². The monoisotopic (exact) mass is 630 g/mol. The second-order valence-corrected chi connectivity index (χ2v) is 11.0. The molecule has 11 nitrogen and oxygen atoms in total. The Hall–Kier alpha value is -5.06. The molecular weight excluding hydrogens is 588 g/mol. The Morgan fingerprint density at radius 3 is 2.50 bits per heavy atom. The second-order valence-electron chi connectivity index (χ2n) is 11.0. The van der Waals surface area contributed by atoms with Crippen LogP contribution in [0.25, 0.3) is 0 Å². The van der Waals surface area contributed by atoms with Gasteiger partial charge in [-0.05, 0) is 55.2 Å². The minimum absolute atomic E-state index is 0.128. The standard InChI is InChI=1S/C35H42N4O7/c1-4-45-30-17-16-25(22-31(30)44-3)13-10-18-36-34(42)27-23-32(40)37-28(21-24-11-6-5-7-12-24)35(43)39(2)19-20-46-29-15-9-8-14-26(29)33(41)38-27/h5-9,11-12,14-17,22,27-28H,4,10,13,18-21,23H2,1-3H3,(H,36,42)(H,37,40)(H,38,41)/t27-,28-/m0/s1. The van der Waals surface area contributed by atoms with Crippen molar-refractivity contribution >= 4 is 23.6 Å². The zero-order chi connectivity index (χ0) is 32.9. The quantitative estimate of drug-likeness (QED) is 0.293. The van der Waals surface area contributed by atoms with Gasteiger partial charge in [0.25, 0.3) is 5.91 Å². The summed E-state index contributed by atoms with van der Waals surface area (Å²) in [5, 5.41) is 8.38. The van der Waals surface area contributed by atoms with Crippen LogP contribution in [0.2, 0.25) is 0 Å². The van der Waals surface area contributed by atoms with E-state index in [2.05, 4.69) is 16.0 Å². The lowest BCUT2D eigenvalue weighted by Gasteiger charge is -2.27. The normalized spacial score (nSPS) is 17.5. The van der Waals surface area contributed by atoms with Gasteiger partial charge in [-0.2, -0.15) is 0 Å². The molecule has 11 heteroatoms. The Balaban J connectivity index is 1.48. The average Bonchev–Trinajstić information content (AvgIpc) is 3.06. The zero-order valence-corrected chi connectivity index (χ0v) is 26.5. The predicted octanol–water partition coefficient (Wildman–Crippen LogP) is 2.91. The van der Waals surface area contributed by atoms with Crippen LogP contribution in [0.5, 0.6) is 17.2 Å². The maximum Gasteiger partial charge on any atom is 0.255 e. The summed E-state index contributed by atoms with van der Waals surface area (Å²) in [7, 11) is 3.22. The summed E-state index contributed by atoms with van der Waals surface area (Å²) in [5.74, 6) is -0.275. The fourth-order valence-corrected chi connectivity index (χ4v) is 5.15. The number of carbonyl (C=O) groups is 4. The van der Waals surface area contributed by atoms with Crippen LogP contribution in [-0.2, 0) is 27.2 Å². The number of carbonyl (C=O) groups excluding carboxylic acids is 4. The molecule has 3 aromatic carbocycles. The van der Waals surface area contributed by atoms with Gasteiger partial charge >= 0.3 is 0 Å². The Morgan fingerprint density at radius 1 is 0.978 bits per heavy atom. The molecule has 1 aliphatic rings. The number of nitrogens with zero attached hydrogens (tertiary/aromatic N) is 1. The number of rotatable bonds is 10. The van der Waals surface area contributed by atoms with Gasteiger partial charge in [-0.1, -0.05) is 48.5 Å². The summed E-state index contributed by atoms with van der Waals surface area (Å²) in [4.78, 5) is 55.1. The highest BCUT2D eigenvalue weighted by molar-refractivity contribution is 6.01. The van der Waals surface area contributed by atoms with Crippen LogP contribution < -0.4 is 30.2 Å². The first kappa shape index (κ1) is 33.8. The van der Waals surface area contributed by atoms with Gasteiger partial charge in [0.15, 0.2) is 11.5 Å². The number of amides is 4. The molecule has 0 aliphatic carbocycles. The third-order valence-electron chi connectivity index (χ3n) is 7.59. The lowest BCUT2D eigenvalue weighted by atomic mass is 10.0. The first-order valence-corrected chi connectivity index (χ1v) is 15.5. The van der Waals surface area contributed by atoms with Crippen LogP contribution in [-0.4, -0.2) is 81.1 Å². The third kappa shape index (κ3) is 9.47. The highest BCUT2D eigenvalue weighted by Crippen LogP contribution is 2.28. The molecule has 0 saturated heterocycles. The number of benzene rings is 3. The van der Waals surface area contributed by atoms with Crippen LogP contribution in [0, 0.1) is 0 Å². The third-order valence-corrected chi connectivity index (χ3v) is 7.59. The first-order chi connectivity index (χ1) is 22.3. The van der Waals surface area contributed by atoms with E-state index in [-0.39, 0.29) is 37.5 Å². The second kappa shape index (κ2) is 16.9.